The van der Waals surface area contributed by atoms with E-state index in [4.69, 9.17) is 5.11 Å². The van der Waals surface area contributed by atoms with Gasteiger partial charge >= 0.3 is 0 Å². The Kier molecular flexibility index (Phi) is 4.70. The van der Waals surface area contributed by atoms with Crippen LogP contribution in [0.1, 0.15) is 18.4 Å². The second kappa shape index (κ2) is 6.05. The number of hydrogen-bond acceptors (Lipinski definition) is 3. The van der Waals surface area contributed by atoms with Crippen LogP contribution in [0.15, 0.2) is 27.6 Å². The van der Waals surface area contributed by atoms with Crippen LogP contribution in [0.5, 0.6) is 0 Å². The maximum Gasteiger partial charge on any atom is 0.0525 e. The first kappa shape index (κ1) is 12.4. The van der Waals surface area contributed by atoms with Crippen LogP contribution < -0.4 is 5.32 Å². The molecule has 2 N–H and O–H groups in total. The molecule has 88 valence electrons. The Morgan fingerprint density at radius 2 is 2.25 bits per heavy atom. The van der Waals surface area contributed by atoms with E-state index >= 15 is 0 Å². The van der Waals surface area contributed by atoms with Gasteiger partial charge in [-0.25, -0.2) is 0 Å². The minimum atomic E-state index is 0.229. The summed E-state index contributed by atoms with van der Waals surface area (Å²) < 4.78 is 1.10. The summed E-state index contributed by atoms with van der Waals surface area (Å²) in [4.78, 5) is 1.26. The van der Waals surface area contributed by atoms with Crippen molar-refractivity contribution in [3.63, 3.8) is 0 Å². The van der Waals surface area contributed by atoms with Crippen molar-refractivity contribution in [2.75, 3.05) is 12.4 Å². The van der Waals surface area contributed by atoms with Crippen LogP contribution >= 0.6 is 27.7 Å². The predicted octanol–water partition coefficient (Wildman–Crippen LogP) is 2.79. The van der Waals surface area contributed by atoms with E-state index in [1.165, 1.54) is 23.3 Å². The average molecular weight is 302 g/mol. The van der Waals surface area contributed by atoms with E-state index in [0.29, 0.717) is 0 Å². The van der Waals surface area contributed by atoms with Gasteiger partial charge in [0.25, 0.3) is 0 Å². The summed E-state index contributed by atoms with van der Waals surface area (Å²) in [6.07, 6.45) is 2.63. The molecular formula is C12H16BrNOS. The molecule has 0 bridgehead atoms. The van der Waals surface area contributed by atoms with Gasteiger partial charge in [-0.3, -0.25) is 0 Å². The highest BCUT2D eigenvalue weighted by atomic mass is 79.9. The number of nitrogens with one attached hydrogen (secondary N) is 1. The fourth-order valence-corrected chi connectivity index (χ4v) is 2.87. The van der Waals surface area contributed by atoms with Crippen LogP contribution in [0.4, 0.5) is 0 Å². The number of halogens is 1. The van der Waals surface area contributed by atoms with Gasteiger partial charge < -0.3 is 10.4 Å². The van der Waals surface area contributed by atoms with E-state index in [0.717, 1.165) is 22.8 Å². The largest absolute Gasteiger partial charge is 0.396 e. The highest BCUT2D eigenvalue weighted by Crippen LogP contribution is 2.27. The van der Waals surface area contributed by atoms with E-state index in [9.17, 15) is 0 Å². The van der Waals surface area contributed by atoms with Crippen molar-refractivity contribution in [1.29, 1.82) is 0 Å². The lowest BCUT2D eigenvalue weighted by molar-refractivity contribution is 0.322. The molecule has 1 saturated carbocycles. The maximum absolute atomic E-state index is 8.87. The van der Waals surface area contributed by atoms with Crippen molar-refractivity contribution < 1.29 is 5.11 Å². The SMILES string of the molecule is OCCSc1cc(Br)ccc1CNC1CC1. The molecule has 0 spiro atoms. The predicted molar refractivity (Wildman–Crippen MR) is 71.8 cm³/mol. The van der Waals surface area contributed by atoms with Gasteiger partial charge in [-0.1, -0.05) is 22.0 Å². The summed E-state index contributed by atoms with van der Waals surface area (Å²) in [5, 5.41) is 12.4. The first-order chi connectivity index (χ1) is 7.79. The van der Waals surface area contributed by atoms with Gasteiger partial charge in [-0.15, -0.1) is 11.8 Å². The van der Waals surface area contributed by atoms with Crippen molar-refractivity contribution in [2.45, 2.75) is 30.3 Å². The van der Waals surface area contributed by atoms with Gasteiger partial charge in [0.2, 0.25) is 0 Å². The maximum atomic E-state index is 8.87. The van der Waals surface area contributed by atoms with Gasteiger partial charge in [0.1, 0.15) is 0 Å². The summed E-state index contributed by atoms with van der Waals surface area (Å²) in [5.74, 6) is 0.757. The standard InChI is InChI=1S/C12H16BrNOS/c13-10-2-1-9(8-14-11-3-4-11)12(7-10)16-6-5-15/h1-2,7,11,14-15H,3-6,8H2. The van der Waals surface area contributed by atoms with E-state index in [2.05, 4.69) is 39.4 Å². The molecule has 1 aromatic carbocycles. The Bertz CT molecular complexity index is 355. The molecule has 1 aliphatic carbocycles. The first-order valence-corrected chi connectivity index (χ1v) is 7.33. The second-order valence-electron chi connectivity index (χ2n) is 3.98. The minimum Gasteiger partial charge on any atom is -0.396 e. The van der Waals surface area contributed by atoms with Crippen molar-refractivity contribution in [3.8, 4) is 0 Å². The lowest BCUT2D eigenvalue weighted by Crippen LogP contribution is -2.15. The molecule has 4 heteroatoms. The normalized spacial score (nSPS) is 15.4. The zero-order valence-electron chi connectivity index (χ0n) is 9.08. The topological polar surface area (TPSA) is 32.3 Å². The zero-order valence-corrected chi connectivity index (χ0v) is 11.5. The highest BCUT2D eigenvalue weighted by Gasteiger charge is 2.20. The van der Waals surface area contributed by atoms with Crippen LogP contribution in [-0.2, 0) is 6.54 Å². The number of thioether (sulfide) groups is 1. The molecule has 0 aliphatic heterocycles. The Hall–Kier alpha value is -0.0300. The van der Waals surface area contributed by atoms with Crippen LogP contribution in [0, 0.1) is 0 Å². The van der Waals surface area contributed by atoms with Gasteiger partial charge in [0.15, 0.2) is 0 Å². The van der Waals surface area contributed by atoms with Gasteiger partial charge in [-0.2, -0.15) is 0 Å². The lowest BCUT2D eigenvalue weighted by Gasteiger charge is -2.10. The van der Waals surface area contributed by atoms with E-state index in [1.807, 2.05) is 0 Å². The summed E-state index contributed by atoms with van der Waals surface area (Å²) in [7, 11) is 0. The molecule has 0 amide bonds. The van der Waals surface area contributed by atoms with Crippen molar-refractivity contribution in [3.05, 3.63) is 28.2 Å². The Morgan fingerprint density at radius 3 is 2.94 bits per heavy atom. The van der Waals surface area contributed by atoms with Crippen LogP contribution in [-0.4, -0.2) is 23.5 Å². The number of aliphatic hydroxyl groups is 1. The van der Waals surface area contributed by atoms with Crippen molar-refractivity contribution in [2.24, 2.45) is 0 Å². The number of aliphatic hydroxyl groups excluding tert-OH is 1. The molecule has 0 aromatic heterocycles. The van der Waals surface area contributed by atoms with Crippen molar-refractivity contribution >= 4 is 27.7 Å². The molecule has 1 aromatic rings. The summed E-state index contributed by atoms with van der Waals surface area (Å²) in [5.41, 5.74) is 1.33. The van der Waals surface area contributed by atoms with Crippen LogP contribution in [0.25, 0.3) is 0 Å². The third-order valence-corrected chi connectivity index (χ3v) is 4.11. The highest BCUT2D eigenvalue weighted by molar-refractivity contribution is 9.10. The zero-order chi connectivity index (χ0) is 11.4. The molecule has 0 radical (unpaired) electrons. The Balaban J connectivity index is 2.00. The number of benzene rings is 1. The molecule has 0 atom stereocenters. The average Bonchev–Trinajstić information content (AvgIpc) is 3.09. The third kappa shape index (κ3) is 3.77. The summed E-state index contributed by atoms with van der Waals surface area (Å²) >= 11 is 5.20. The summed E-state index contributed by atoms with van der Waals surface area (Å²) in [6.45, 7) is 1.17. The lowest BCUT2D eigenvalue weighted by atomic mass is 10.2. The molecule has 16 heavy (non-hydrogen) atoms. The van der Waals surface area contributed by atoms with Crippen molar-refractivity contribution in [1.82, 2.24) is 5.32 Å². The Labute approximate surface area is 109 Å². The summed E-state index contributed by atoms with van der Waals surface area (Å²) in [6, 6.07) is 7.09. The molecule has 0 saturated heterocycles. The third-order valence-electron chi connectivity index (χ3n) is 2.54. The molecule has 2 rings (SSSR count). The molecule has 2 nitrogen and oxygen atoms in total. The van der Waals surface area contributed by atoms with E-state index in [-0.39, 0.29) is 6.61 Å². The first-order valence-electron chi connectivity index (χ1n) is 5.55. The molecule has 1 aliphatic rings. The van der Waals surface area contributed by atoms with E-state index < -0.39 is 0 Å². The molecule has 0 heterocycles. The van der Waals surface area contributed by atoms with E-state index in [1.54, 1.807) is 11.8 Å². The minimum absolute atomic E-state index is 0.229. The van der Waals surface area contributed by atoms with Gasteiger partial charge in [-0.05, 0) is 30.5 Å². The van der Waals surface area contributed by atoms with Gasteiger partial charge in [0.05, 0.1) is 6.61 Å². The molecule has 0 unspecified atom stereocenters. The Morgan fingerprint density at radius 1 is 1.44 bits per heavy atom. The van der Waals surface area contributed by atoms with Crippen LogP contribution in [0.2, 0.25) is 0 Å². The second-order valence-corrected chi connectivity index (χ2v) is 6.03. The fourth-order valence-electron chi connectivity index (χ4n) is 1.51. The fraction of sp³-hybridized carbons (Fsp3) is 0.500. The molecule has 1 fully saturated rings. The monoisotopic (exact) mass is 301 g/mol. The molecular weight excluding hydrogens is 286 g/mol. The smallest absolute Gasteiger partial charge is 0.0525 e. The number of hydrogen-bond donors (Lipinski definition) is 2. The van der Waals surface area contributed by atoms with Gasteiger partial charge in [0, 0.05) is 27.7 Å². The van der Waals surface area contributed by atoms with Crippen LogP contribution in [0.3, 0.4) is 0 Å². The number of rotatable bonds is 6. The quantitative estimate of drug-likeness (QED) is 0.793.